The van der Waals surface area contributed by atoms with Gasteiger partial charge in [0.15, 0.2) is 6.10 Å². The molecule has 2 aliphatic rings. The lowest BCUT2D eigenvalue weighted by molar-refractivity contribution is -0.180. The first-order valence-corrected chi connectivity index (χ1v) is 12.0. The number of amides is 3. The number of carbonyl (C=O) groups is 4. The van der Waals surface area contributed by atoms with E-state index in [0.29, 0.717) is 0 Å². The topological polar surface area (TPSA) is 111 Å². The second-order valence-corrected chi connectivity index (χ2v) is 11.2. The van der Waals surface area contributed by atoms with Gasteiger partial charge in [-0.2, -0.15) is 0 Å². The summed E-state index contributed by atoms with van der Waals surface area (Å²) in [7, 11) is 2.74. The number of alkyl halides is 4. The summed E-state index contributed by atoms with van der Waals surface area (Å²) < 4.78 is 13.7. The van der Waals surface area contributed by atoms with Crippen molar-refractivity contribution < 1.29 is 33.4 Å². The Hall–Kier alpha value is -1.18. The van der Waals surface area contributed by atoms with Gasteiger partial charge in [0.2, 0.25) is 0 Å². The summed E-state index contributed by atoms with van der Waals surface area (Å²) in [6.07, 6.45) is -2.94. The second-order valence-electron chi connectivity index (χ2n) is 7.43. The molecule has 3 amide bonds. The van der Waals surface area contributed by atoms with Gasteiger partial charge in [0.05, 0.1) is 27.1 Å². The molecule has 1 aliphatic heterocycles. The number of nitrogens with one attached hydrogen (secondary N) is 1. The lowest BCUT2D eigenvalue weighted by Crippen LogP contribution is -2.72. The predicted molar refractivity (Wildman–Crippen MR) is 128 cm³/mol. The Morgan fingerprint density at radius 3 is 1.94 bits per heavy atom. The van der Waals surface area contributed by atoms with Crippen molar-refractivity contribution in [3.05, 3.63) is 35.4 Å². The molecule has 0 spiro atoms. The van der Waals surface area contributed by atoms with Crippen LogP contribution < -0.4 is 5.32 Å². The monoisotopic (exact) mass is 632 g/mol. The maximum absolute atomic E-state index is 13.2. The lowest BCUT2D eigenvalue weighted by atomic mass is 9.82. The lowest BCUT2D eigenvalue weighted by Gasteiger charge is -2.50. The third-order valence-electron chi connectivity index (χ3n) is 5.53. The molecule has 33 heavy (non-hydrogen) atoms. The van der Waals surface area contributed by atoms with Crippen molar-refractivity contribution in [2.75, 3.05) is 14.2 Å². The fraction of sp³-hybridized carbons (Fsp3) is 0.500. The van der Waals surface area contributed by atoms with Crippen LogP contribution in [0.1, 0.15) is 27.6 Å². The van der Waals surface area contributed by atoms with Crippen molar-refractivity contribution >= 4 is 81.1 Å². The van der Waals surface area contributed by atoms with E-state index in [1.54, 1.807) is 24.3 Å². The van der Waals surface area contributed by atoms with Gasteiger partial charge in [-0.05, 0) is 12.1 Å². The molecular weight excluding hydrogens is 613 g/mol. The SMILES string of the molecule is CO[C@@H]1[C@@H](OC(C)=O)[C@@H](NC(=O)C(Cl)(Cl)Cl)[C@H](I)[C@@H](N2C(=O)c3ccccc3C2=O)[C@H]1OC. The minimum absolute atomic E-state index is 0.249. The van der Waals surface area contributed by atoms with Gasteiger partial charge in [-0.25, -0.2) is 0 Å². The summed E-state index contributed by atoms with van der Waals surface area (Å²) in [6, 6.07) is 4.51. The second kappa shape index (κ2) is 10.2. The quantitative estimate of drug-likeness (QED) is 0.229. The molecule has 3 rings (SSSR count). The molecule has 0 unspecified atom stereocenters. The smallest absolute Gasteiger partial charge is 0.303 e. The van der Waals surface area contributed by atoms with Crippen molar-refractivity contribution in [1.29, 1.82) is 0 Å². The Balaban J connectivity index is 2.08. The zero-order valence-electron chi connectivity index (χ0n) is 17.6. The third kappa shape index (κ3) is 4.96. The number of ether oxygens (including phenoxy) is 3. The van der Waals surface area contributed by atoms with Crippen LogP contribution in [0.25, 0.3) is 0 Å². The summed E-state index contributed by atoms with van der Waals surface area (Å²) in [5.41, 5.74) is 0.498. The van der Waals surface area contributed by atoms with Crippen molar-refractivity contribution in [2.24, 2.45) is 0 Å². The van der Waals surface area contributed by atoms with Crippen LogP contribution in [0.5, 0.6) is 0 Å². The standard InChI is InChI=1S/C20H20Cl3IN2O7/c1-8(27)33-14-12(25-19(30)20(21,22)23)11(24)13(15(31-2)16(14)32-3)26-17(28)9-6-4-5-7-10(9)18(26)29/h4-7,11-16H,1-3H3,(H,25,30)/t11-,12-,13+,14-,15+,16+/m0/s1. The minimum atomic E-state index is -2.30. The molecule has 1 N–H and O–H groups in total. The summed E-state index contributed by atoms with van der Waals surface area (Å²) in [5.74, 6) is -2.65. The van der Waals surface area contributed by atoms with Crippen LogP contribution in [0.15, 0.2) is 24.3 Å². The maximum Gasteiger partial charge on any atom is 0.303 e. The normalized spacial score (nSPS) is 29.6. The first-order valence-electron chi connectivity index (χ1n) is 9.65. The molecule has 1 aromatic carbocycles. The van der Waals surface area contributed by atoms with Gasteiger partial charge >= 0.3 is 5.97 Å². The maximum atomic E-state index is 13.2. The van der Waals surface area contributed by atoms with Crippen molar-refractivity contribution in [1.82, 2.24) is 10.2 Å². The van der Waals surface area contributed by atoms with E-state index in [4.69, 9.17) is 49.0 Å². The molecule has 1 heterocycles. The average molecular weight is 634 g/mol. The van der Waals surface area contributed by atoms with Gasteiger partial charge in [0, 0.05) is 21.1 Å². The molecule has 9 nitrogen and oxygen atoms in total. The van der Waals surface area contributed by atoms with Gasteiger partial charge in [0.25, 0.3) is 21.5 Å². The van der Waals surface area contributed by atoms with E-state index < -0.39 is 61.8 Å². The van der Waals surface area contributed by atoms with E-state index in [0.717, 1.165) is 4.90 Å². The summed E-state index contributed by atoms with van der Waals surface area (Å²) in [4.78, 5) is 51.9. The predicted octanol–water partition coefficient (Wildman–Crippen LogP) is 2.29. The first kappa shape index (κ1) is 26.4. The molecule has 1 aromatic rings. The number of carbonyl (C=O) groups excluding carboxylic acids is 4. The number of nitrogens with zero attached hydrogens (tertiary/aromatic N) is 1. The van der Waals surface area contributed by atoms with E-state index in [1.807, 2.05) is 22.6 Å². The Morgan fingerprint density at radius 2 is 1.52 bits per heavy atom. The molecule has 0 aromatic heterocycles. The zero-order valence-corrected chi connectivity index (χ0v) is 22.0. The molecule has 1 fully saturated rings. The van der Waals surface area contributed by atoms with Gasteiger partial charge in [0.1, 0.15) is 12.2 Å². The highest BCUT2D eigenvalue weighted by molar-refractivity contribution is 14.1. The molecular formula is C20H20Cl3IN2O7. The van der Waals surface area contributed by atoms with E-state index in [9.17, 15) is 19.2 Å². The molecule has 0 saturated heterocycles. The third-order valence-corrected chi connectivity index (χ3v) is 7.56. The molecule has 1 aliphatic carbocycles. The number of benzene rings is 1. The first-order chi connectivity index (χ1) is 15.4. The van der Waals surface area contributed by atoms with Crippen LogP contribution in [-0.4, -0.2) is 80.9 Å². The number of hydrogen-bond donors (Lipinski definition) is 1. The number of methoxy groups -OCH3 is 2. The van der Waals surface area contributed by atoms with Crippen LogP contribution in [0.4, 0.5) is 0 Å². The minimum Gasteiger partial charge on any atom is -0.457 e. The van der Waals surface area contributed by atoms with Crippen LogP contribution in [-0.2, 0) is 23.8 Å². The van der Waals surface area contributed by atoms with E-state index in [-0.39, 0.29) is 11.1 Å². The number of esters is 1. The molecule has 13 heteroatoms. The molecule has 1 saturated carbocycles. The van der Waals surface area contributed by atoms with Gasteiger partial charge in [-0.1, -0.05) is 69.5 Å². The Labute approximate surface area is 218 Å². The Kier molecular flexibility index (Phi) is 8.17. The Bertz CT molecular complexity index is 938. The summed E-state index contributed by atoms with van der Waals surface area (Å²) in [6.45, 7) is 1.20. The van der Waals surface area contributed by atoms with E-state index in [1.165, 1.54) is 21.1 Å². The molecule has 0 radical (unpaired) electrons. The number of imide groups is 1. The van der Waals surface area contributed by atoms with Crippen molar-refractivity contribution in [3.63, 3.8) is 0 Å². The van der Waals surface area contributed by atoms with Crippen LogP contribution in [0.2, 0.25) is 0 Å². The molecule has 0 bridgehead atoms. The van der Waals surface area contributed by atoms with Crippen LogP contribution in [0.3, 0.4) is 0 Å². The van der Waals surface area contributed by atoms with Crippen molar-refractivity contribution in [3.8, 4) is 0 Å². The number of rotatable bonds is 5. The average Bonchev–Trinajstić information content (AvgIpc) is 2.99. The zero-order chi connectivity index (χ0) is 24.7. The fourth-order valence-electron chi connectivity index (χ4n) is 4.20. The number of fused-ring (bicyclic) bond motifs is 1. The number of halogens is 4. The van der Waals surface area contributed by atoms with E-state index in [2.05, 4.69) is 5.32 Å². The molecule has 6 atom stereocenters. The van der Waals surface area contributed by atoms with E-state index >= 15 is 0 Å². The highest BCUT2D eigenvalue weighted by Crippen LogP contribution is 2.39. The van der Waals surface area contributed by atoms with Gasteiger partial charge in [-0.15, -0.1) is 0 Å². The van der Waals surface area contributed by atoms with Crippen LogP contribution >= 0.6 is 57.4 Å². The highest BCUT2D eigenvalue weighted by atomic mass is 127. The summed E-state index contributed by atoms with van der Waals surface area (Å²) >= 11 is 19.2. The largest absolute Gasteiger partial charge is 0.457 e. The van der Waals surface area contributed by atoms with Crippen molar-refractivity contribution in [2.45, 2.75) is 45.0 Å². The summed E-state index contributed by atoms with van der Waals surface area (Å²) in [5, 5.41) is 2.57. The fourth-order valence-corrected chi connectivity index (χ4v) is 5.68. The number of hydrogen-bond acceptors (Lipinski definition) is 7. The highest BCUT2D eigenvalue weighted by Gasteiger charge is 2.58. The molecule has 180 valence electrons. The van der Waals surface area contributed by atoms with Gasteiger partial charge in [-0.3, -0.25) is 24.1 Å². The van der Waals surface area contributed by atoms with Crippen LogP contribution in [0, 0.1) is 0 Å². The Morgan fingerprint density at radius 1 is 1.00 bits per heavy atom. The van der Waals surface area contributed by atoms with Gasteiger partial charge < -0.3 is 19.5 Å².